The number of benzene rings is 1. The van der Waals surface area contributed by atoms with Crippen LogP contribution in [-0.2, 0) is 10.4 Å². The van der Waals surface area contributed by atoms with Crippen molar-refractivity contribution in [3.8, 4) is 5.69 Å². The van der Waals surface area contributed by atoms with Gasteiger partial charge in [0.2, 0.25) is 0 Å². The van der Waals surface area contributed by atoms with Gasteiger partial charge in [-0.25, -0.2) is 4.68 Å². The van der Waals surface area contributed by atoms with Crippen molar-refractivity contribution in [2.24, 2.45) is 0 Å². The molecule has 5 nitrogen and oxygen atoms in total. The van der Waals surface area contributed by atoms with Crippen LogP contribution in [0.5, 0.6) is 0 Å². The molecule has 3 rings (SSSR count). The summed E-state index contributed by atoms with van der Waals surface area (Å²) in [5.74, 6) is -0.153. The highest BCUT2D eigenvalue weighted by atomic mass is 16.3. The van der Waals surface area contributed by atoms with Crippen molar-refractivity contribution in [3.63, 3.8) is 0 Å². The average Bonchev–Trinajstić information content (AvgIpc) is 2.94. The maximum Gasteiger partial charge on any atom is 0.178 e. The smallest absolute Gasteiger partial charge is 0.178 e. The first kappa shape index (κ1) is 11.6. The van der Waals surface area contributed by atoms with Crippen LogP contribution in [0, 0.1) is 0 Å². The molecule has 94 valence electrons. The van der Waals surface area contributed by atoms with Gasteiger partial charge in [0.25, 0.3) is 0 Å². The first-order valence-corrected chi connectivity index (χ1v) is 5.80. The summed E-state index contributed by atoms with van der Waals surface area (Å²) in [7, 11) is 0. The van der Waals surface area contributed by atoms with E-state index in [1.165, 1.54) is 24.3 Å². The number of carbonyl (C=O) groups excluding carboxylic acids is 1. The maximum absolute atomic E-state index is 11.1. The van der Waals surface area contributed by atoms with Crippen LogP contribution in [0.1, 0.15) is 5.69 Å². The minimum atomic E-state index is -1.37. The predicted molar refractivity (Wildman–Crippen MR) is 68.5 cm³/mol. The minimum Gasteiger partial charge on any atom is -0.376 e. The molecule has 1 aromatic heterocycles. The predicted octanol–water partition coefficient (Wildman–Crippen LogP) is 1.15. The quantitative estimate of drug-likeness (QED) is 0.871. The zero-order chi connectivity index (χ0) is 13.3. The van der Waals surface area contributed by atoms with Crippen LogP contribution in [0.25, 0.3) is 5.69 Å². The average molecular weight is 253 g/mol. The van der Waals surface area contributed by atoms with E-state index in [-0.39, 0.29) is 5.78 Å². The molecule has 0 saturated heterocycles. The second kappa shape index (κ2) is 4.29. The zero-order valence-corrected chi connectivity index (χ0v) is 9.97. The number of nitrogens with zero attached hydrogens (tertiary/aromatic N) is 3. The largest absolute Gasteiger partial charge is 0.376 e. The Hall–Kier alpha value is -2.53. The standard InChI is InChI=1S/C14H11N3O2/c18-12-6-8-14(19,9-7-12)13-10-17(16-15-13)11-4-2-1-3-5-11/h1-10,19H. The second-order valence-electron chi connectivity index (χ2n) is 4.28. The van der Waals surface area contributed by atoms with Crippen LogP contribution in [0.2, 0.25) is 0 Å². The topological polar surface area (TPSA) is 68.0 Å². The maximum atomic E-state index is 11.1. The van der Waals surface area contributed by atoms with Gasteiger partial charge in [0.1, 0.15) is 11.3 Å². The number of hydrogen-bond donors (Lipinski definition) is 1. The first-order valence-electron chi connectivity index (χ1n) is 5.80. The number of carbonyl (C=O) groups is 1. The number of aromatic nitrogens is 3. The lowest BCUT2D eigenvalue weighted by Crippen LogP contribution is -2.23. The molecule has 0 unspecified atom stereocenters. The fourth-order valence-corrected chi connectivity index (χ4v) is 1.85. The van der Waals surface area contributed by atoms with Crippen LogP contribution >= 0.6 is 0 Å². The molecule has 0 amide bonds. The monoisotopic (exact) mass is 253 g/mol. The summed E-state index contributed by atoms with van der Waals surface area (Å²) in [6.07, 6.45) is 7.10. The van der Waals surface area contributed by atoms with Crippen molar-refractivity contribution in [1.82, 2.24) is 15.0 Å². The first-order chi connectivity index (χ1) is 9.17. The van der Waals surface area contributed by atoms with E-state index < -0.39 is 5.60 Å². The molecule has 1 aliphatic carbocycles. The van der Waals surface area contributed by atoms with E-state index >= 15 is 0 Å². The Balaban J connectivity index is 1.96. The molecule has 0 saturated carbocycles. The van der Waals surface area contributed by atoms with Crippen molar-refractivity contribution in [3.05, 3.63) is 66.5 Å². The van der Waals surface area contributed by atoms with Crippen LogP contribution in [0.15, 0.2) is 60.8 Å². The molecular formula is C14H11N3O2. The molecule has 0 aliphatic heterocycles. The molecular weight excluding hydrogens is 242 g/mol. The molecule has 0 atom stereocenters. The van der Waals surface area contributed by atoms with Crippen LogP contribution in [0.3, 0.4) is 0 Å². The summed E-state index contributed by atoms with van der Waals surface area (Å²) < 4.78 is 1.57. The lowest BCUT2D eigenvalue weighted by atomic mass is 9.95. The van der Waals surface area contributed by atoms with E-state index in [1.54, 1.807) is 10.9 Å². The van der Waals surface area contributed by atoms with Gasteiger partial charge in [-0.3, -0.25) is 4.79 Å². The number of allylic oxidation sites excluding steroid dienone is 2. The van der Waals surface area contributed by atoms with Gasteiger partial charge in [-0.05, 0) is 36.4 Å². The van der Waals surface area contributed by atoms with Gasteiger partial charge >= 0.3 is 0 Å². The highest BCUT2D eigenvalue weighted by Crippen LogP contribution is 2.25. The van der Waals surface area contributed by atoms with Gasteiger partial charge in [0.15, 0.2) is 5.78 Å². The Kier molecular flexibility index (Phi) is 2.61. The number of aliphatic hydroxyl groups is 1. The molecule has 1 N–H and O–H groups in total. The normalized spacial score (nSPS) is 16.8. The lowest BCUT2D eigenvalue weighted by molar-refractivity contribution is -0.110. The van der Waals surface area contributed by atoms with E-state index in [4.69, 9.17) is 0 Å². The Morgan fingerprint density at radius 2 is 1.79 bits per heavy atom. The van der Waals surface area contributed by atoms with Crippen LogP contribution < -0.4 is 0 Å². The molecule has 2 aromatic rings. The Labute approximate surface area is 109 Å². The molecule has 0 fully saturated rings. The summed E-state index contributed by atoms with van der Waals surface area (Å²) in [6, 6.07) is 9.47. The van der Waals surface area contributed by atoms with Gasteiger partial charge in [0, 0.05) is 0 Å². The molecule has 0 spiro atoms. The summed E-state index contributed by atoms with van der Waals surface area (Å²) in [4.78, 5) is 11.1. The molecule has 5 heteroatoms. The lowest BCUT2D eigenvalue weighted by Gasteiger charge is -2.18. The number of ketones is 1. The summed E-state index contributed by atoms with van der Waals surface area (Å²) >= 11 is 0. The molecule has 0 radical (unpaired) electrons. The van der Waals surface area contributed by atoms with Crippen molar-refractivity contribution >= 4 is 5.78 Å². The molecule has 1 heterocycles. The Bertz CT molecular complexity index is 655. The second-order valence-corrected chi connectivity index (χ2v) is 4.28. The van der Waals surface area contributed by atoms with E-state index in [2.05, 4.69) is 10.3 Å². The number of rotatable bonds is 2. The van der Waals surface area contributed by atoms with Crippen molar-refractivity contribution in [1.29, 1.82) is 0 Å². The van der Waals surface area contributed by atoms with Crippen molar-refractivity contribution in [2.45, 2.75) is 5.60 Å². The highest BCUT2D eigenvalue weighted by Gasteiger charge is 2.29. The third-order valence-electron chi connectivity index (χ3n) is 2.93. The number of para-hydroxylation sites is 1. The third kappa shape index (κ3) is 2.11. The summed E-state index contributed by atoms with van der Waals surface area (Å²) in [6.45, 7) is 0. The summed E-state index contributed by atoms with van der Waals surface area (Å²) in [5.41, 5.74) is -0.151. The van der Waals surface area contributed by atoms with Gasteiger partial charge < -0.3 is 5.11 Å². The van der Waals surface area contributed by atoms with E-state index in [0.717, 1.165) is 5.69 Å². The Morgan fingerprint density at radius 3 is 2.47 bits per heavy atom. The zero-order valence-electron chi connectivity index (χ0n) is 9.97. The van der Waals surface area contributed by atoms with Gasteiger partial charge in [-0.15, -0.1) is 5.10 Å². The summed E-state index contributed by atoms with van der Waals surface area (Å²) in [5, 5.41) is 18.3. The molecule has 1 aromatic carbocycles. The fraction of sp³-hybridized carbons (Fsp3) is 0.0714. The van der Waals surface area contributed by atoms with Gasteiger partial charge in [-0.2, -0.15) is 0 Å². The van der Waals surface area contributed by atoms with E-state index in [1.807, 2.05) is 30.3 Å². The highest BCUT2D eigenvalue weighted by molar-refractivity contribution is 6.00. The van der Waals surface area contributed by atoms with E-state index in [0.29, 0.717) is 5.69 Å². The molecule has 0 bridgehead atoms. The third-order valence-corrected chi connectivity index (χ3v) is 2.93. The minimum absolute atomic E-state index is 0.153. The fourth-order valence-electron chi connectivity index (χ4n) is 1.85. The number of hydrogen-bond acceptors (Lipinski definition) is 4. The molecule has 19 heavy (non-hydrogen) atoms. The SMILES string of the molecule is O=C1C=CC(O)(c2cn(-c3ccccc3)nn2)C=C1. The van der Waals surface area contributed by atoms with Crippen molar-refractivity contribution in [2.75, 3.05) is 0 Å². The van der Waals surface area contributed by atoms with Crippen molar-refractivity contribution < 1.29 is 9.90 Å². The van der Waals surface area contributed by atoms with Crippen LogP contribution in [-0.4, -0.2) is 25.9 Å². The Morgan fingerprint density at radius 1 is 1.11 bits per heavy atom. The van der Waals surface area contributed by atoms with Crippen LogP contribution in [0.4, 0.5) is 0 Å². The van der Waals surface area contributed by atoms with Gasteiger partial charge in [0.05, 0.1) is 11.9 Å². The van der Waals surface area contributed by atoms with Gasteiger partial charge in [-0.1, -0.05) is 23.4 Å². The van der Waals surface area contributed by atoms with E-state index in [9.17, 15) is 9.90 Å². The molecule has 1 aliphatic rings.